The van der Waals surface area contributed by atoms with Crippen molar-refractivity contribution in [3.63, 3.8) is 0 Å². The fourth-order valence-electron chi connectivity index (χ4n) is 0.938. The van der Waals surface area contributed by atoms with Gasteiger partial charge in [0.1, 0.15) is 0 Å². The highest BCUT2D eigenvalue weighted by Gasteiger charge is 2.30. The molecule has 3 N–H and O–H groups in total. The summed E-state index contributed by atoms with van der Waals surface area (Å²) in [6.07, 6.45) is 0.0692. The second kappa shape index (κ2) is 2.23. The highest BCUT2D eigenvalue weighted by atomic mass is 16.4. The molecule has 0 unspecified atom stereocenters. The van der Waals surface area contributed by atoms with Crippen LogP contribution in [-0.2, 0) is 0 Å². The van der Waals surface area contributed by atoms with E-state index < -0.39 is 6.09 Å². The van der Waals surface area contributed by atoms with E-state index >= 15 is 0 Å². The predicted octanol–water partition coefficient (Wildman–Crippen LogP) is -0.303. The van der Waals surface area contributed by atoms with Gasteiger partial charge in [0.05, 0.1) is 0 Å². The van der Waals surface area contributed by atoms with E-state index in [1.165, 1.54) is 4.90 Å². The van der Waals surface area contributed by atoms with E-state index in [2.05, 4.69) is 0 Å². The van der Waals surface area contributed by atoms with E-state index in [1.54, 1.807) is 0 Å². The highest BCUT2D eigenvalue weighted by Crippen LogP contribution is 2.14. The topological polar surface area (TPSA) is 66.6 Å². The summed E-state index contributed by atoms with van der Waals surface area (Å²) >= 11 is 0. The Balaban J connectivity index is 2.35. The van der Waals surface area contributed by atoms with Crippen molar-refractivity contribution in [1.82, 2.24) is 4.90 Å². The smallest absolute Gasteiger partial charge is 0.407 e. The predicted molar refractivity (Wildman–Crippen MR) is 32.2 cm³/mol. The van der Waals surface area contributed by atoms with Gasteiger partial charge in [-0.1, -0.05) is 0 Å². The van der Waals surface area contributed by atoms with E-state index in [4.69, 9.17) is 10.8 Å². The molecule has 1 fully saturated rings. The van der Waals surface area contributed by atoms with E-state index in [0.717, 1.165) is 6.42 Å². The average molecular weight is 130 g/mol. The third kappa shape index (κ3) is 0.977. The Kier molecular flexibility index (Phi) is 1.57. The summed E-state index contributed by atoms with van der Waals surface area (Å²) in [4.78, 5) is 11.6. The molecule has 4 heteroatoms. The molecule has 0 bridgehead atoms. The molecule has 0 aromatic rings. The van der Waals surface area contributed by atoms with Crippen LogP contribution in [0.1, 0.15) is 6.42 Å². The summed E-state index contributed by atoms with van der Waals surface area (Å²) in [5.74, 6) is 0. The van der Waals surface area contributed by atoms with Crippen molar-refractivity contribution in [3.8, 4) is 0 Å². The van der Waals surface area contributed by atoms with E-state index in [-0.39, 0.29) is 6.04 Å². The Labute approximate surface area is 53.2 Å². The third-order valence-electron chi connectivity index (χ3n) is 1.66. The van der Waals surface area contributed by atoms with Crippen molar-refractivity contribution in [2.45, 2.75) is 12.5 Å². The van der Waals surface area contributed by atoms with E-state index in [1.807, 2.05) is 0 Å². The van der Waals surface area contributed by atoms with Crippen LogP contribution in [-0.4, -0.2) is 35.2 Å². The molecule has 9 heavy (non-hydrogen) atoms. The van der Waals surface area contributed by atoms with Crippen LogP contribution >= 0.6 is 0 Å². The minimum Gasteiger partial charge on any atom is -0.465 e. The van der Waals surface area contributed by atoms with Gasteiger partial charge < -0.3 is 15.7 Å². The van der Waals surface area contributed by atoms with Crippen molar-refractivity contribution in [1.29, 1.82) is 0 Å². The molecular weight excluding hydrogens is 120 g/mol. The number of carbonyl (C=O) groups is 1. The first-order chi connectivity index (χ1) is 4.25. The Morgan fingerprint density at radius 2 is 2.56 bits per heavy atom. The molecule has 4 nitrogen and oxygen atoms in total. The summed E-state index contributed by atoms with van der Waals surface area (Å²) in [5.41, 5.74) is 5.26. The fourth-order valence-corrected chi connectivity index (χ4v) is 0.938. The largest absolute Gasteiger partial charge is 0.465 e. The molecule has 0 aromatic heterocycles. The lowest BCUT2D eigenvalue weighted by Crippen LogP contribution is -2.53. The molecule has 0 radical (unpaired) electrons. The van der Waals surface area contributed by atoms with Crippen LogP contribution in [0.3, 0.4) is 0 Å². The van der Waals surface area contributed by atoms with Crippen molar-refractivity contribution in [2.75, 3.05) is 13.1 Å². The standard InChI is InChI=1S/C5H10N2O2/c6-3-4-1-2-7(4)5(8)9/h4H,1-3,6H2,(H,8,9)/t4-/m0/s1. The number of carboxylic acid groups (broad SMARTS) is 1. The first kappa shape index (κ1) is 6.35. The summed E-state index contributed by atoms with van der Waals surface area (Å²) < 4.78 is 0. The summed E-state index contributed by atoms with van der Waals surface area (Å²) in [6.45, 7) is 1.10. The maximum absolute atomic E-state index is 10.2. The molecular formula is C5H10N2O2. The molecule has 0 aromatic carbocycles. The molecule has 0 spiro atoms. The molecule has 1 aliphatic rings. The van der Waals surface area contributed by atoms with Crippen LogP contribution in [0.15, 0.2) is 0 Å². The summed E-state index contributed by atoms with van der Waals surface area (Å²) in [5, 5.41) is 8.41. The molecule has 1 amide bonds. The van der Waals surface area contributed by atoms with Gasteiger partial charge in [-0.2, -0.15) is 0 Å². The van der Waals surface area contributed by atoms with Crippen molar-refractivity contribution < 1.29 is 9.90 Å². The molecule has 1 rings (SSSR count). The Hall–Kier alpha value is -0.770. The van der Waals surface area contributed by atoms with Crippen LogP contribution in [0, 0.1) is 0 Å². The van der Waals surface area contributed by atoms with Crippen LogP contribution in [0.2, 0.25) is 0 Å². The minimum atomic E-state index is -0.850. The quantitative estimate of drug-likeness (QED) is 0.512. The summed E-state index contributed by atoms with van der Waals surface area (Å²) in [6, 6.07) is 0.0856. The van der Waals surface area contributed by atoms with E-state index in [0.29, 0.717) is 13.1 Å². The van der Waals surface area contributed by atoms with Gasteiger partial charge in [-0.3, -0.25) is 0 Å². The van der Waals surface area contributed by atoms with Gasteiger partial charge in [-0.25, -0.2) is 4.79 Å². The second-order valence-electron chi connectivity index (χ2n) is 2.15. The maximum Gasteiger partial charge on any atom is 0.407 e. The van der Waals surface area contributed by atoms with Crippen LogP contribution in [0.5, 0.6) is 0 Å². The molecule has 1 atom stereocenters. The minimum absolute atomic E-state index is 0.0856. The fraction of sp³-hybridized carbons (Fsp3) is 0.800. The van der Waals surface area contributed by atoms with Gasteiger partial charge in [0, 0.05) is 19.1 Å². The van der Waals surface area contributed by atoms with Gasteiger partial charge in [-0.05, 0) is 6.42 Å². The first-order valence-electron chi connectivity index (χ1n) is 2.95. The molecule has 0 aliphatic carbocycles. The normalized spacial score (nSPS) is 25.4. The molecule has 0 saturated carbocycles. The number of hydrogen-bond acceptors (Lipinski definition) is 2. The Bertz CT molecular complexity index is 124. The lowest BCUT2D eigenvalue weighted by atomic mass is 10.1. The van der Waals surface area contributed by atoms with E-state index in [9.17, 15) is 4.79 Å². The van der Waals surface area contributed by atoms with Crippen LogP contribution in [0.25, 0.3) is 0 Å². The monoisotopic (exact) mass is 130 g/mol. The Morgan fingerprint density at radius 1 is 1.89 bits per heavy atom. The maximum atomic E-state index is 10.2. The molecule has 1 aliphatic heterocycles. The molecule has 1 saturated heterocycles. The molecule has 52 valence electrons. The SMILES string of the molecule is NC[C@@H]1CCN1C(=O)O. The zero-order chi connectivity index (χ0) is 6.85. The number of rotatable bonds is 1. The average Bonchev–Trinajstić information content (AvgIpc) is 1.61. The number of likely N-dealkylation sites (tertiary alicyclic amines) is 1. The van der Waals surface area contributed by atoms with Crippen molar-refractivity contribution in [3.05, 3.63) is 0 Å². The van der Waals surface area contributed by atoms with Gasteiger partial charge in [0.25, 0.3) is 0 Å². The van der Waals surface area contributed by atoms with Gasteiger partial charge >= 0.3 is 6.09 Å². The summed E-state index contributed by atoms with van der Waals surface area (Å²) in [7, 11) is 0. The number of hydrogen-bond donors (Lipinski definition) is 2. The Morgan fingerprint density at radius 3 is 2.67 bits per heavy atom. The lowest BCUT2D eigenvalue weighted by molar-refractivity contribution is 0.0792. The number of nitrogens with two attached hydrogens (primary N) is 1. The lowest BCUT2D eigenvalue weighted by Gasteiger charge is -2.37. The van der Waals surface area contributed by atoms with Crippen molar-refractivity contribution in [2.24, 2.45) is 5.73 Å². The van der Waals surface area contributed by atoms with Crippen molar-refractivity contribution >= 4 is 6.09 Å². The number of amides is 1. The third-order valence-corrected chi connectivity index (χ3v) is 1.66. The highest BCUT2D eigenvalue weighted by molar-refractivity contribution is 5.66. The van der Waals surface area contributed by atoms with Gasteiger partial charge in [-0.15, -0.1) is 0 Å². The van der Waals surface area contributed by atoms with Gasteiger partial charge in [0.15, 0.2) is 0 Å². The van der Waals surface area contributed by atoms with Crippen LogP contribution < -0.4 is 5.73 Å². The second-order valence-corrected chi connectivity index (χ2v) is 2.15. The number of nitrogens with zero attached hydrogens (tertiary/aromatic N) is 1. The van der Waals surface area contributed by atoms with Crippen LogP contribution in [0.4, 0.5) is 4.79 Å². The zero-order valence-electron chi connectivity index (χ0n) is 5.08. The zero-order valence-corrected chi connectivity index (χ0v) is 5.08. The first-order valence-corrected chi connectivity index (χ1v) is 2.95. The van der Waals surface area contributed by atoms with Gasteiger partial charge in [0.2, 0.25) is 0 Å². The molecule has 1 heterocycles.